The molecule has 1 amide bonds. The van der Waals surface area contributed by atoms with E-state index in [1.54, 1.807) is 23.1 Å². The molecule has 6 nitrogen and oxygen atoms in total. The number of aromatic nitrogens is 2. The molecule has 1 heterocycles. The molecule has 0 spiro atoms. The fourth-order valence-corrected chi connectivity index (χ4v) is 4.13. The van der Waals surface area contributed by atoms with Crippen molar-refractivity contribution in [1.29, 1.82) is 0 Å². The number of aliphatic carboxylic acids is 1. The summed E-state index contributed by atoms with van der Waals surface area (Å²) in [5.74, 6) is -0.334. The number of imidazole rings is 1. The van der Waals surface area contributed by atoms with Gasteiger partial charge in [-0.1, -0.05) is 41.9 Å². The van der Waals surface area contributed by atoms with Crippen LogP contribution in [0.25, 0.3) is 16.7 Å². The summed E-state index contributed by atoms with van der Waals surface area (Å²) in [5.41, 5.74) is 4.10. The molecule has 7 heteroatoms. The normalized spacial score (nSPS) is 11.0. The van der Waals surface area contributed by atoms with E-state index >= 15 is 0 Å². The van der Waals surface area contributed by atoms with Crippen molar-refractivity contribution in [2.45, 2.75) is 19.8 Å². The highest BCUT2D eigenvalue weighted by atomic mass is 35.5. The van der Waals surface area contributed by atoms with Gasteiger partial charge < -0.3 is 10.0 Å². The zero-order chi connectivity index (χ0) is 23.4. The van der Waals surface area contributed by atoms with Gasteiger partial charge in [0.05, 0.1) is 17.5 Å². The summed E-state index contributed by atoms with van der Waals surface area (Å²) in [6.45, 7) is 2.45. The second kappa shape index (κ2) is 9.88. The monoisotopic (exact) mass is 461 g/mol. The van der Waals surface area contributed by atoms with Gasteiger partial charge in [-0.2, -0.15) is 0 Å². The summed E-state index contributed by atoms with van der Waals surface area (Å²) in [7, 11) is 0. The first-order valence-corrected chi connectivity index (χ1v) is 11.1. The standard InChI is InChI=1S/C26H24ClN3O3/c1-18-28-23-17-20(10-11-24(23)30(18)22-8-3-2-4-9-22)26(33)29(15-13-25(31)32)14-12-19-6-5-7-21(27)16-19/h2-11,16-17H,12-15H2,1H3,(H,31,32). The van der Waals surface area contributed by atoms with Crippen LogP contribution in [0, 0.1) is 6.92 Å². The fraction of sp³-hybridized carbons (Fsp3) is 0.192. The van der Waals surface area contributed by atoms with E-state index < -0.39 is 5.97 Å². The fourth-order valence-electron chi connectivity index (χ4n) is 3.92. The highest BCUT2D eigenvalue weighted by molar-refractivity contribution is 6.30. The second-order valence-electron chi connectivity index (χ2n) is 7.85. The van der Waals surface area contributed by atoms with Crippen LogP contribution in [0.15, 0.2) is 72.8 Å². The number of hydrogen-bond acceptors (Lipinski definition) is 3. The molecule has 0 aliphatic carbocycles. The zero-order valence-corrected chi connectivity index (χ0v) is 19.0. The summed E-state index contributed by atoms with van der Waals surface area (Å²) in [6, 6.07) is 22.8. The van der Waals surface area contributed by atoms with E-state index in [-0.39, 0.29) is 18.9 Å². The Morgan fingerprint density at radius 1 is 1.00 bits per heavy atom. The molecule has 0 saturated carbocycles. The number of para-hydroxylation sites is 1. The average Bonchev–Trinajstić information content (AvgIpc) is 3.14. The van der Waals surface area contributed by atoms with Crippen molar-refractivity contribution in [3.8, 4) is 5.69 Å². The lowest BCUT2D eigenvalue weighted by atomic mass is 10.1. The molecule has 0 atom stereocenters. The topological polar surface area (TPSA) is 75.4 Å². The summed E-state index contributed by atoms with van der Waals surface area (Å²) in [5, 5.41) is 9.78. The third-order valence-electron chi connectivity index (χ3n) is 5.53. The highest BCUT2D eigenvalue weighted by Gasteiger charge is 2.19. The number of carbonyl (C=O) groups excluding carboxylic acids is 1. The van der Waals surface area contributed by atoms with Crippen LogP contribution in [-0.2, 0) is 11.2 Å². The molecule has 0 bridgehead atoms. The van der Waals surface area contributed by atoms with Gasteiger partial charge in [-0.05, 0) is 61.4 Å². The smallest absolute Gasteiger partial charge is 0.305 e. The van der Waals surface area contributed by atoms with Crippen LogP contribution >= 0.6 is 11.6 Å². The molecule has 0 aliphatic heterocycles. The Morgan fingerprint density at radius 3 is 2.52 bits per heavy atom. The number of rotatable bonds is 8. The number of carboxylic acid groups (broad SMARTS) is 1. The third-order valence-corrected chi connectivity index (χ3v) is 5.76. The third kappa shape index (κ3) is 5.23. The van der Waals surface area contributed by atoms with E-state index in [1.807, 2.05) is 66.1 Å². The van der Waals surface area contributed by atoms with Gasteiger partial charge in [0.15, 0.2) is 0 Å². The number of halogens is 1. The number of aryl methyl sites for hydroxylation is 1. The summed E-state index contributed by atoms with van der Waals surface area (Å²) < 4.78 is 2.05. The van der Waals surface area contributed by atoms with Crippen LogP contribution in [0.4, 0.5) is 0 Å². The number of amides is 1. The van der Waals surface area contributed by atoms with E-state index in [0.717, 1.165) is 28.1 Å². The predicted molar refractivity (Wildman–Crippen MR) is 129 cm³/mol. The van der Waals surface area contributed by atoms with E-state index in [4.69, 9.17) is 16.7 Å². The van der Waals surface area contributed by atoms with Crippen LogP contribution < -0.4 is 0 Å². The van der Waals surface area contributed by atoms with Crippen molar-refractivity contribution >= 4 is 34.5 Å². The molecule has 3 aromatic carbocycles. The largest absolute Gasteiger partial charge is 0.481 e. The maximum Gasteiger partial charge on any atom is 0.305 e. The van der Waals surface area contributed by atoms with E-state index in [2.05, 4.69) is 4.98 Å². The van der Waals surface area contributed by atoms with Crippen LogP contribution in [0.1, 0.15) is 28.2 Å². The minimum absolute atomic E-state index is 0.120. The zero-order valence-electron chi connectivity index (χ0n) is 18.2. The van der Waals surface area contributed by atoms with Gasteiger partial charge in [0.25, 0.3) is 5.91 Å². The Bertz CT molecular complexity index is 1300. The van der Waals surface area contributed by atoms with E-state index in [1.165, 1.54) is 0 Å². The molecule has 1 aromatic heterocycles. The number of nitrogens with zero attached hydrogens (tertiary/aromatic N) is 3. The molecule has 33 heavy (non-hydrogen) atoms. The van der Waals surface area contributed by atoms with Gasteiger partial charge in [0.2, 0.25) is 0 Å². The minimum atomic E-state index is -0.941. The van der Waals surface area contributed by atoms with Crippen LogP contribution in [0.5, 0.6) is 0 Å². The second-order valence-corrected chi connectivity index (χ2v) is 8.29. The molecule has 0 saturated heterocycles. The Morgan fingerprint density at radius 2 is 1.79 bits per heavy atom. The quantitative estimate of drug-likeness (QED) is 0.394. The molecule has 0 unspecified atom stereocenters. The Balaban J connectivity index is 1.60. The molecule has 0 aliphatic rings. The molecule has 0 radical (unpaired) electrons. The first-order chi connectivity index (χ1) is 15.9. The first kappa shape index (κ1) is 22.6. The maximum atomic E-state index is 13.3. The molecule has 4 aromatic rings. The Labute approximate surface area is 197 Å². The highest BCUT2D eigenvalue weighted by Crippen LogP contribution is 2.23. The van der Waals surface area contributed by atoms with Gasteiger partial charge in [-0.15, -0.1) is 0 Å². The van der Waals surface area contributed by atoms with Crippen LogP contribution in [-0.4, -0.2) is 44.5 Å². The van der Waals surface area contributed by atoms with Gasteiger partial charge >= 0.3 is 5.97 Å². The van der Waals surface area contributed by atoms with Crippen molar-refractivity contribution in [1.82, 2.24) is 14.5 Å². The number of benzene rings is 3. The van der Waals surface area contributed by atoms with Gasteiger partial charge in [0, 0.05) is 29.4 Å². The van der Waals surface area contributed by atoms with Crippen molar-refractivity contribution in [2.24, 2.45) is 0 Å². The Kier molecular flexibility index (Phi) is 6.75. The summed E-state index contributed by atoms with van der Waals surface area (Å²) in [6.07, 6.45) is 0.460. The molecule has 4 rings (SSSR count). The molecular formula is C26H24ClN3O3. The number of fused-ring (bicyclic) bond motifs is 1. The van der Waals surface area contributed by atoms with E-state index in [0.29, 0.717) is 23.6 Å². The molecular weight excluding hydrogens is 438 g/mol. The summed E-state index contributed by atoms with van der Waals surface area (Å²) in [4.78, 5) is 30.7. The van der Waals surface area contributed by atoms with E-state index in [9.17, 15) is 9.59 Å². The first-order valence-electron chi connectivity index (χ1n) is 10.7. The summed E-state index contributed by atoms with van der Waals surface area (Å²) >= 11 is 6.07. The lowest BCUT2D eigenvalue weighted by molar-refractivity contribution is -0.137. The minimum Gasteiger partial charge on any atom is -0.481 e. The average molecular weight is 462 g/mol. The van der Waals surface area contributed by atoms with Crippen molar-refractivity contribution in [2.75, 3.05) is 13.1 Å². The molecule has 168 valence electrons. The van der Waals surface area contributed by atoms with Gasteiger partial charge in [-0.3, -0.25) is 14.2 Å². The predicted octanol–water partition coefficient (Wildman–Crippen LogP) is 5.15. The maximum absolute atomic E-state index is 13.3. The van der Waals surface area contributed by atoms with Crippen molar-refractivity contribution in [3.63, 3.8) is 0 Å². The number of carboxylic acids is 1. The van der Waals surface area contributed by atoms with Gasteiger partial charge in [-0.25, -0.2) is 4.98 Å². The number of hydrogen-bond donors (Lipinski definition) is 1. The lowest BCUT2D eigenvalue weighted by Gasteiger charge is -2.22. The lowest BCUT2D eigenvalue weighted by Crippen LogP contribution is -2.34. The molecule has 1 N–H and O–H groups in total. The van der Waals surface area contributed by atoms with Crippen LogP contribution in [0.3, 0.4) is 0 Å². The number of carbonyl (C=O) groups is 2. The SMILES string of the molecule is Cc1nc2cc(C(=O)N(CCC(=O)O)CCc3cccc(Cl)c3)ccc2n1-c1ccccc1. The Hall–Kier alpha value is -3.64. The van der Waals surface area contributed by atoms with Crippen molar-refractivity contribution < 1.29 is 14.7 Å². The van der Waals surface area contributed by atoms with Crippen LogP contribution in [0.2, 0.25) is 5.02 Å². The van der Waals surface area contributed by atoms with Crippen molar-refractivity contribution in [3.05, 3.63) is 94.8 Å². The molecule has 0 fully saturated rings. The van der Waals surface area contributed by atoms with Gasteiger partial charge in [0.1, 0.15) is 5.82 Å².